The van der Waals surface area contributed by atoms with E-state index >= 15 is 0 Å². The maximum absolute atomic E-state index is 12.2. The van der Waals surface area contributed by atoms with Crippen LogP contribution in [0, 0.1) is 0 Å². The minimum Gasteiger partial charge on any atom is -0.490 e. The summed E-state index contributed by atoms with van der Waals surface area (Å²) >= 11 is 0. The van der Waals surface area contributed by atoms with Gasteiger partial charge in [0.15, 0.2) is 6.10 Å². The molecule has 1 unspecified atom stereocenters. The van der Waals surface area contributed by atoms with Crippen LogP contribution < -0.4 is 20.3 Å². The number of carbonyl (C=O) groups excluding carboxylic acids is 2. The standard InChI is InChI=1S/C23H28N2O4/c1-6-15-28-19-11-7-17(8-12-19)22(27)25-24-21(26)16(2)29-20-13-9-18(10-14-20)23(3,4)5/h6-14,16H,1,15H2,2-5H3,(H,24,26)(H,25,27). The van der Waals surface area contributed by atoms with Crippen molar-refractivity contribution in [1.82, 2.24) is 10.9 Å². The van der Waals surface area contributed by atoms with E-state index in [1.54, 1.807) is 37.3 Å². The van der Waals surface area contributed by atoms with Gasteiger partial charge in [-0.25, -0.2) is 0 Å². The molecule has 0 aliphatic heterocycles. The van der Waals surface area contributed by atoms with E-state index in [-0.39, 0.29) is 5.41 Å². The van der Waals surface area contributed by atoms with E-state index in [0.717, 1.165) is 0 Å². The molecule has 2 rings (SSSR count). The van der Waals surface area contributed by atoms with E-state index in [1.807, 2.05) is 24.3 Å². The van der Waals surface area contributed by atoms with Crippen LogP contribution in [0.1, 0.15) is 43.6 Å². The summed E-state index contributed by atoms with van der Waals surface area (Å²) < 4.78 is 11.0. The van der Waals surface area contributed by atoms with Crippen LogP contribution in [0.15, 0.2) is 61.2 Å². The first-order valence-corrected chi connectivity index (χ1v) is 9.42. The smallest absolute Gasteiger partial charge is 0.279 e. The molecule has 6 nitrogen and oxygen atoms in total. The van der Waals surface area contributed by atoms with E-state index < -0.39 is 17.9 Å². The Balaban J connectivity index is 1.84. The zero-order valence-corrected chi connectivity index (χ0v) is 17.3. The SMILES string of the molecule is C=CCOc1ccc(C(=O)NNC(=O)C(C)Oc2ccc(C(C)(C)C)cc2)cc1. The number of hydrogen-bond acceptors (Lipinski definition) is 4. The summed E-state index contributed by atoms with van der Waals surface area (Å²) in [5.41, 5.74) is 6.37. The molecule has 29 heavy (non-hydrogen) atoms. The minimum absolute atomic E-state index is 0.0434. The molecule has 6 heteroatoms. The van der Waals surface area contributed by atoms with Crippen molar-refractivity contribution in [3.8, 4) is 11.5 Å². The van der Waals surface area contributed by atoms with Gasteiger partial charge < -0.3 is 9.47 Å². The zero-order chi connectivity index (χ0) is 21.4. The molecule has 0 heterocycles. The topological polar surface area (TPSA) is 76.7 Å². The maximum atomic E-state index is 12.2. The Hall–Kier alpha value is -3.28. The van der Waals surface area contributed by atoms with Crippen LogP contribution in [0.4, 0.5) is 0 Å². The lowest BCUT2D eigenvalue weighted by Crippen LogP contribution is -2.47. The first-order chi connectivity index (χ1) is 13.7. The van der Waals surface area contributed by atoms with Gasteiger partial charge in [-0.1, -0.05) is 45.6 Å². The molecule has 0 bridgehead atoms. The van der Waals surface area contributed by atoms with Crippen LogP contribution in [-0.2, 0) is 10.2 Å². The first-order valence-electron chi connectivity index (χ1n) is 9.42. The van der Waals surface area contributed by atoms with E-state index in [0.29, 0.717) is 23.7 Å². The van der Waals surface area contributed by atoms with Crippen LogP contribution in [0.5, 0.6) is 11.5 Å². The second-order valence-electron chi connectivity index (χ2n) is 7.60. The first kappa shape index (κ1) is 22.0. The molecule has 0 saturated carbocycles. The summed E-state index contributed by atoms with van der Waals surface area (Å²) in [6.45, 7) is 12.0. The van der Waals surface area contributed by atoms with Gasteiger partial charge in [-0.05, 0) is 54.3 Å². The maximum Gasteiger partial charge on any atom is 0.279 e. The monoisotopic (exact) mass is 396 g/mol. The Kier molecular flexibility index (Phi) is 7.42. The van der Waals surface area contributed by atoms with E-state index in [1.165, 1.54) is 5.56 Å². The average molecular weight is 396 g/mol. The third kappa shape index (κ3) is 6.68. The summed E-state index contributed by atoms with van der Waals surface area (Å²) in [4.78, 5) is 24.4. The van der Waals surface area contributed by atoms with E-state index in [2.05, 4.69) is 38.2 Å². The van der Waals surface area contributed by atoms with Gasteiger partial charge in [0.25, 0.3) is 11.8 Å². The molecule has 2 N–H and O–H groups in total. The van der Waals surface area contributed by atoms with E-state index in [9.17, 15) is 9.59 Å². The normalized spacial score (nSPS) is 11.9. The number of hydrogen-bond donors (Lipinski definition) is 2. The van der Waals surface area contributed by atoms with Gasteiger partial charge in [-0.3, -0.25) is 20.4 Å². The number of hydrazine groups is 1. The van der Waals surface area contributed by atoms with Gasteiger partial charge in [0.2, 0.25) is 0 Å². The van der Waals surface area contributed by atoms with Crippen molar-refractivity contribution in [3.63, 3.8) is 0 Å². The Morgan fingerprint density at radius 3 is 2.14 bits per heavy atom. The van der Waals surface area contributed by atoms with Gasteiger partial charge in [0, 0.05) is 5.56 Å². The van der Waals surface area contributed by atoms with E-state index in [4.69, 9.17) is 9.47 Å². The molecular formula is C23H28N2O4. The lowest BCUT2D eigenvalue weighted by Gasteiger charge is -2.20. The number of benzene rings is 2. The molecule has 0 saturated heterocycles. The minimum atomic E-state index is -0.773. The highest BCUT2D eigenvalue weighted by Crippen LogP contribution is 2.24. The molecule has 0 fully saturated rings. The van der Waals surface area contributed by atoms with Gasteiger partial charge in [0.05, 0.1) is 0 Å². The predicted octanol–water partition coefficient (Wildman–Crippen LogP) is 3.78. The van der Waals surface area contributed by atoms with Crippen molar-refractivity contribution in [3.05, 3.63) is 72.3 Å². The predicted molar refractivity (Wildman–Crippen MR) is 113 cm³/mol. The molecule has 0 spiro atoms. The lowest BCUT2D eigenvalue weighted by atomic mass is 9.87. The number of nitrogens with one attached hydrogen (secondary N) is 2. The third-order valence-electron chi connectivity index (χ3n) is 4.19. The highest BCUT2D eigenvalue weighted by atomic mass is 16.5. The van der Waals surface area contributed by atoms with Crippen LogP contribution in [0.2, 0.25) is 0 Å². The Morgan fingerprint density at radius 1 is 1.00 bits per heavy atom. The van der Waals surface area contributed by atoms with Crippen LogP contribution in [0.3, 0.4) is 0 Å². The van der Waals surface area contributed by atoms with Crippen molar-refractivity contribution in [2.24, 2.45) is 0 Å². The fraction of sp³-hybridized carbons (Fsp3) is 0.304. The molecular weight excluding hydrogens is 368 g/mol. The Labute approximate surface area is 171 Å². The third-order valence-corrected chi connectivity index (χ3v) is 4.19. The van der Waals surface area contributed by atoms with Gasteiger partial charge in [0.1, 0.15) is 18.1 Å². The summed E-state index contributed by atoms with van der Waals surface area (Å²) in [5, 5.41) is 0. The summed E-state index contributed by atoms with van der Waals surface area (Å²) in [6, 6.07) is 14.2. The van der Waals surface area contributed by atoms with Crippen molar-refractivity contribution in [2.45, 2.75) is 39.2 Å². The highest BCUT2D eigenvalue weighted by Gasteiger charge is 2.17. The largest absolute Gasteiger partial charge is 0.490 e. The van der Waals surface area contributed by atoms with Gasteiger partial charge >= 0.3 is 0 Å². The molecule has 0 radical (unpaired) electrons. The summed E-state index contributed by atoms with van der Waals surface area (Å²) in [7, 11) is 0. The van der Waals surface area contributed by atoms with Crippen molar-refractivity contribution in [1.29, 1.82) is 0 Å². The van der Waals surface area contributed by atoms with Gasteiger partial charge in [-0.15, -0.1) is 0 Å². The van der Waals surface area contributed by atoms with Crippen molar-refractivity contribution >= 4 is 11.8 Å². The number of ether oxygens (including phenoxy) is 2. The number of carbonyl (C=O) groups is 2. The molecule has 1 atom stereocenters. The molecule has 0 aliphatic rings. The van der Waals surface area contributed by atoms with Gasteiger partial charge in [-0.2, -0.15) is 0 Å². The summed E-state index contributed by atoms with van der Waals surface area (Å²) in [6.07, 6.45) is 0.865. The molecule has 154 valence electrons. The zero-order valence-electron chi connectivity index (χ0n) is 17.3. The van der Waals surface area contributed by atoms with Crippen molar-refractivity contribution in [2.75, 3.05) is 6.61 Å². The highest BCUT2D eigenvalue weighted by molar-refractivity contribution is 5.95. The molecule has 2 amide bonds. The molecule has 0 aromatic heterocycles. The average Bonchev–Trinajstić information content (AvgIpc) is 2.70. The molecule has 2 aromatic rings. The quantitative estimate of drug-likeness (QED) is 0.552. The summed E-state index contributed by atoms with van der Waals surface area (Å²) in [5.74, 6) is 0.326. The Morgan fingerprint density at radius 2 is 1.59 bits per heavy atom. The Bertz CT molecular complexity index is 837. The van der Waals surface area contributed by atoms with Crippen molar-refractivity contribution < 1.29 is 19.1 Å². The second kappa shape index (κ2) is 9.78. The van der Waals surface area contributed by atoms with Crippen LogP contribution in [-0.4, -0.2) is 24.5 Å². The number of amides is 2. The fourth-order valence-corrected chi connectivity index (χ4v) is 2.44. The number of rotatable bonds is 7. The lowest BCUT2D eigenvalue weighted by molar-refractivity contribution is -0.128. The van der Waals surface area contributed by atoms with Crippen LogP contribution in [0.25, 0.3) is 0 Å². The fourth-order valence-electron chi connectivity index (χ4n) is 2.44. The second-order valence-corrected chi connectivity index (χ2v) is 7.60. The molecule has 0 aliphatic carbocycles. The molecule has 2 aromatic carbocycles. The van der Waals surface area contributed by atoms with Crippen LogP contribution >= 0.6 is 0 Å².